The summed E-state index contributed by atoms with van der Waals surface area (Å²) in [5.74, 6) is 0.755. The van der Waals surface area contributed by atoms with Crippen molar-refractivity contribution in [3.05, 3.63) is 23.0 Å². The number of anilines is 1. The Bertz CT molecular complexity index is 1280. The van der Waals surface area contributed by atoms with Crippen molar-refractivity contribution in [2.24, 2.45) is 0 Å². The first-order valence-corrected chi connectivity index (χ1v) is 16.9. The van der Waals surface area contributed by atoms with Crippen LogP contribution in [0.2, 0.25) is 18.1 Å². The van der Waals surface area contributed by atoms with E-state index < -0.39 is 13.9 Å². The molecule has 2 bridgehead atoms. The molecule has 2 fully saturated rings. The highest BCUT2D eigenvalue weighted by Gasteiger charge is 2.45. The van der Waals surface area contributed by atoms with E-state index in [4.69, 9.17) is 18.6 Å². The Balaban J connectivity index is 1.49. The van der Waals surface area contributed by atoms with Crippen LogP contribution in [0.5, 0.6) is 5.75 Å². The number of nitrogens with zero attached hydrogens (tertiary/aromatic N) is 4. The number of amides is 1. The van der Waals surface area contributed by atoms with Crippen LogP contribution >= 0.6 is 11.3 Å². The van der Waals surface area contributed by atoms with Crippen molar-refractivity contribution in [2.75, 3.05) is 18.0 Å². The lowest BCUT2D eigenvalue weighted by molar-refractivity contribution is 0.0120. The van der Waals surface area contributed by atoms with Gasteiger partial charge in [-0.2, -0.15) is 4.98 Å². The summed E-state index contributed by atoms with van der Waals surface area (Å²) < 4.78 is 18.9. The summed E-state index contributed by atoms with van der Waals surface area (Å²) in [5, 5.41) is 2.07. The van der Waals surface area contributed by atoms with Crippen molar-refractivity contribution in [1.29, 1.82) is 0 Å². The predicted molar refractivity (Wildman–Crippen MR) is 150 cm³/mol. The Kier molecular flexibility index (Phi) is 6.34. The molecule has 8 nitrogen and oxygen atoms in total. The molecule has 1 amide bonds. The van der Waals surface area contributed by atoms with Crippen LogP contribution in [0.4, 0.5) is 10.8 Å². The molecule has 200 valence electrons. The zero-order valence-electron chi connectivity index (χ0n) is 23.1. The van der Waals surface area contributed by atoms with Crippen LogP contribution in [0.1, 0.15) is 54.4 Å². The highest BCUT2D eigenvalue weighted by Crippen LogP contribution is 2.43. The molecule has 4 heterocycles. The third-order valence-electron chi connectivity index (χ3n) is 7.73. The van der Waals surface area contributed by atoms with Crippen LogP contribution in [0, 0.1) is 0 Å². The summed E-state index contributed by atoms with van der Waals surface area (Å²) in [6, 6.07) is 4.75. The quantitative estimate of drug-likeness (QED) is 0.331. The highest BCUT2D eigenvalue weighted by atomic mass is 32.1. The fourth-order valence-corrected chi connectivity index (χ4v) is 6.41. The fraction of sp³-hybridized carbons (Fsp3) is 0.593. The number of rotatable bonds is 4. The number of hydrogen-bond donors (Lipinski definition) is 0. The molecule has 5 rings (SSSR count). The molecule has 2 saturated heterocycles. The van der Waals surface area contributed by atoms with Gasteiger partial charge in [-0.05, 0) is 63.9 Å². The number of piperazine rings is 1. The summed E-state index contributed by atoms with van der Waals surface area (Å²) >= 11 is 1.55. The van der Waals surface area contributed by atoms with E-state index in [0.717, 1.165) is 35.4 Å². The second-order valence-corrected chi connectivity index (χ2v) is 18.1. The van der Waals surface area contributed by atoms with Gasteiger partial charge in [-0.1, -0.05) is 20.8 Å². The highest BCUT2D eigenvalue weighted by molar-refractivity contribution is 7.07. The number of ether oxygens (including phenoxy) is 1. The average Bonchev–Trinajstić information content (AvgIpc) is 3.50. The van der Waals surface area contributed by atoms with Gasteiger partial charge < -0.3 is 18.5 Å². The van der Waals surface area contributed by atoms with Crippen molar-refractivity contribution in [3.63, 3.8) is 0 Å². The van der Waals surface area contributed by atoms with Crippen LogP contribution in [0.15, 0.2) is 27.4 Å². The molecule has 2 unspecified atom stereocenters. The van der Waals surface area contributed by atoms with Crippen molar-refractivity contribution >= 4 is 42.9 Å². The number of carbonyl (C=O) groups is 1. The Morgan fingerprint density at radius 2 is 1.78 bits per heavy atom. The summed E-state index contributed by atoms with van der Waals surface area (Å²) in [6.07, 6.45) is 1.67. The van der Waals surface area contributed by atoms with Gasteiger partial charge in [0, 0.05) is 24.0 Å². The Morgan fingerprint density at radius 1 is 1.11 bits per heavy atom. The maximum absolute atomic E-state index is 12.9. The Labute approximate surface area is 224 Å². The van der Waals surface area contributed by atoms with Gasteiger partial charge >= 0.3 is 6.09 Å². The number of fused-ring (bicyclic) bond motifs is 3. The monoisotopic (exact) mass is 542 g/mol. The van der Waals surface area contributed by atoms with Gasteiger partial charge in [0.05, 0.1) is 23.3 Å². The fourth-order valence-electron chi connectivity index (χ4n) is 4.84. The normalized spacial score (nSPS) is 20.5. The van der Waals surface area contributed by atoms with E-state index in [0.29, 0.717) is 24.7 Å². The van der Waals surface area contributed by atoms with Crippen molar-refractivity contribution < 1.29 is 18.4 Å². The van der Waals surface area contributed by atoms with Gasteiger partial charge in [0.2, 0.25) is 0 Å². The van der Waals surface area contributed by atoms with E-state index >= 15 is 0 Å². The minimum absolute atomic E-state index is 0.0522. The zero-order chi connectivity index (χ0) is 26.8. The third kappa shape index (κ3) is 4.97. The lowest BCUT2D eigenvalue weighted by atomic mass is 10.1. The largest absolute Gasteiger partial charge is 0.542 e. The van der Waals surface area contributed by atoms with Gasteiger partial charge in [-0.25, -0.2) is 9.78 Å². The number of aromatic nitrogens is 2. The lowest BCUT2D eigenvalue weighted by Gasteiger charge is -2.40. The summed E-state index contributed by atoms with van der Waals surface area (Å²) in [5.41, 5.74) is 4.51. The van der Waals surface area contributed by atoms with Gasteiger partial charge in [0.1, 0.15) is 11.4 Å². The van der Waals surface area contributed by atoms with Crippen LogP contribution in [-0.2, 0) is 4.74 Å². The maximum atomic E-state index is 12.9. The molecule has 0 saturated carbocycles. The minimum Gasteiger partial charge on any atom is -0.542 e. The second kappa shape index (κ2) is 9.01. The smallest absolute Gasteiger partial charge is 0.410 e. The standard InChI is InChI=1S/C27H38N4O4SSi/c1-26(2,3)34-25(32)31-17-9-10-18(31)14-30(13-17)24-29-22-21(35-37(7,8)27(4,5)6)12-11-19(23(22)33-24)20-15-36-16-28-20/h11-12,15-18H,9-10,13-14H2,1-8H3. The first kappa shape index (κ1) is 26.0. The van der Waals surface area contributed by atoms with Crippen LogP contribution < -0.4 is 9.33 Å². The first-order chi connectivity index (χ1) is 17.2. The molecule has 2 aliphatic rings. The van der Waals surface area contributed by atoms with Crippen LogP contribution in [0.3, 0.4) is 0 Å². The molecule has 0 N–H and O–H groups in total. The van der Waals surface area contributed by atoms with Crippen molar-refractivity contribution in [3.8, 4) is 17.0 Å². The zero-order valence-corrected chi connectivity index (χ0v) is 24.9. The molecular weight excluding hydrogens is 504 g/mol. The van der Waals surface area contributed by atoms with E-state index in [2.05, 4.69) is 43.7 Å². The molecule has 1 aromatic carbocycles. The van der Waals surface area contributed by atoms with Gasteiger partial charge in [-0.3, -0.25) is 4.90 Å². The molecule has 0 aliphatic carbocycles. The molecule has 0 radical (unpaired) electrons. The van der Waals surface area contributed by atoms with E-state index in [1.165, 1.54) is 0 Å². The van der Waals surface area contributed by atoms with Gasteiger partial charge in [-0.15, -0.1) is 11.3 Å². The molecule has 2 atom stereocenters. The molecule has 2 aromatic heterocycles. The summed E-state index contributed by atoms with van der Waals surface area (Å²) in [6.45, 7) is 18.2. The molecule has 37 heavy (non-hydrogen) atoms. The second-order valence-electron chi connectivity index (χ2n) is 12.7. The summed E-state index contributed by atoms with van der Waals surface area (Å²) in [7, 11) is -2.10. The predicted octanol–water partition coefficient (Wildman–Crippen LogP) is 6.92. The topological polar surface area (TPSA) is 80.9 Å². The molecular formula is C27H38N4O4SSi. The number of thiazole rings is 1. The molecule has 3 aromatic rings. The number of oxazole rings is 1. The van der Waals surface area contributed by atoms with Crippen LogP contribution in [-0.4, -0.2) is 60.1 Å². The third-order valence-corrected chi connectivity index (χ3v) is 12.7. The Morgan fingerprint density at radius 3 is 2.35 bits per heavy atom. The average molecular weight is 543 g/mol. The molecule has 0 spiro atoms. The van der Waals surface area contributed by atoms with E-state index in [1.54, 1.807) is 11.3 Å². The molecule has 10 heteroatoms. The van der Waals surface area contributed by atoms with Gasteiger partial charge in [0.25, 0.3) is 14.3 Å². The Hall–Kier alpha value is -2.59. The number of hydrogen-bond acceptors (Lipinski definition) is 8. The SMILES string of the molecule is CC(C)(C)OC(=O)N1C2CCC1CN(c1nc3c(O[Si](C)(C)C(C)(C)C)ccc(-c4cscn4)c3o1)C2. The maximum Gasteiger partial charge on any atom is 0.410 e. The van der Waals surface area contributed by atoms with Crippen LogP contribution in [0.25, 0.3) is 22.4 Å². The number of carbonyl (C=O) groups excluding carboxylic acids is 1. The summed E-state index contributed by atoms with van der Waals surface area (Å²) in [4.78, 5) is 26.5. The van der Waals surface area contributed by atoms with E-state index in [-0.39, 0.29) is 23.2 Å². The molecule has 2 aliphatic heterocycles. The lowest BCUT2D eigenvalue weighted by Crippen LogP contribution is -2.56. The van der Waals surface area contributed by atoms with Crippen molar-refractivity contribution in [1.82, 2.24) is 14.9 Å². The van der Waals surface area contributed by atoms with Gasteiger partial charge in [0.15, 0.2) is 11.1 Å². The van der Waals surface area contributed by atoms with E-state index in [9.17, 15) is 4.79 Å². The van der Waals surface area contributed by atoms with Crippen molar-refractivity contribution in [2.45, 2.75) is 90.2 Å². The number of benzene rings is 1. The van der Waals surface area contributed by atoms with E-state index in [1.807, 2.05) is 48.7 Å². The minimum atomic E-state index is -2.10. The first-order valence-electron chi connectivity index (χ1n) is 13.0.